The molecular weight excluding hydrogens is 257 g/mol. The van der Waals surface area contributed by atoms with E-state index in [9.17, 15) is 18.0 Å². The van der Waals surface area contributed by atoms with E-state index < -0.39 is 17.6 Å². The summed E-state index contributed by atoms with van der Waals surface area (Å²) >= 11 is 0. The molecule has 0 spiro atoms. The lowest BCUT2D eigenvalue weighted by atomic mass is 10.1. The molecule has 0 aromatic heterocycles. The number of hydrogen-bond acceptors (Lipinski definition) is 2. The van der Waals surface area contributed by atoms with Crippen molar-refractivity contribution in [1.29, 1.82) is 0 Å². The first-order chi connectivity index (χ1) is 8.71. The fourth-order valence-electron chi connectivity index (χ4n) is 1.39. The summed E-state index contributed by atoms with van der Waals surface area (Å²) in [6.07, 6.45) is -4.45. The fraction of sp³-hybridized carbons (Fsp3) is 0.462. The van der Waals surface area contributed by atoms with Crippen LogP contribution in [0.2, 0.25) is 0 Å². The number of carbonyl (C=O) groups is 1. The Morgan fingerprint density at radius 3 is 2.53 bits per heavy atom. The van der Waals surface area contributed by atoms with Gasteiger partial charge in [0.05, 0.1) is 5.56 Å². The van der Waals surface area contributed by atoms with Crippen molar-refractivity contribution in [3.63, 3.8) is 0 Å². The molecule has 1 unspecified atom stereocenters. The van der Waals surface area contributed by atoms with Gasteiger partial charge in [0, 0.05) is 18.2 Å². The fourth-order valence-corrected chi connectivity index (χ4v) is 1.39. The lowest BCUT2D eigenvalue weighted by Gasteiger charge is -2.16. The highest BCUT2D eigenvalue weighted by Gasteiger charge is 2.30. The van der Waals surface area contributed by atoms with Crippen LogP contribution in [-0.2, 0) is 6.18 Å². The van der Waals surface area contributed by atoms with E-state index in [2.05, 4.69) is 5.32 Å². The van der Waals surface area contributed by atoms with Gasteiger partial charge in [-0.1, -0.05) is 19.9 Å². The van der Waals surface area contributed by atoms with Crippen molar-refractivity contribution in [2.45, 2.75) is 26.1 Å². The molecule has 1 rings (SSSR count). The van der Waals surface area contributed by atoms with Gasteiger partial charge in [0.1, 0.15) is 0 Å². The van der Waals surface area contributed by atoms with Crippen molar-refractivity contribution in [3.05, 3.63) is 35.4 Å². The first kappa shape index (κ1) is 15.5. The number of carbonyl (C=O) groups excluding carboxylic acids is 1. The smallest absolute Gasteiger partial charge is 0.350 e. The van der Waals surface area contributed by atoms with Crippen LogP contribution in [0.4, 0.5) is 13.2 Å². The summed E-state index contributed by atoms with van der Waals surface area (Å²) in [6, 6.07) is 4.08. The monoisotopic (exact) mass is 274 g/mol. The maximum atomic E-state index is 12.5. The molecule has 0 aliphatic carbocycles. The van der Waals surface area contributed by atoms with Crippen molar-refractivity contribution in [2.75, 3.05) is 6.54 Å². The third-order valence-corrected chi connectivity index (χ3v) is 2.81. The van der Waals surface area contributed by atoms with Crippen molar-refractivity contribution in [2.24, 2.45) is 11.7 Å². The molecule has 0 radical (unpaired) electrons. The predicted octanol–water partition coefficient (Wildman–Crippen LogP) is 2.42. The zero-order valence-electron chi connectivity index (χ0n) is 10.8. The highest BCUT2D eigenvalue weighted by Crippen LogP contribution is 2.29. The maximum Gasteiger partial charge on any atom is 0.416 e. The van der Waals surface area contributed by atoms with Gasteiger partial charge in [-0.15, -0.1) is 0 Å². The van der Waals surface area contributed by atoms with Gasteiger partial charge < -0.3 is 11.1 Å². The Morgan fingerprint density at radius 1 is 1.37 bits per heavy atom. The van der Waals surface area contributed by atoms with E-state index in [1.807, 2.05) is 13.8 Å². The molecule has 1 aromatic rings. The summed E-state index contributed by atoms with van der Waals surface area (Å²) in [4.78, 5) is 11.7. The zero-order chi connectivity index (χ0) is 14.6. The van der Waals surface area contributed by atoms with E-state index >= 15 is 0 Å². The second kappa shape index (κ2) is 6.06. The van der Waals surface area contributed by atoms with Crippen LogP contribution < -0.4 is 11.1 Å². The number of hydrogen-bond donors (Lipinski definition) is 2. The minimum absolute atomic E-state index is 0.0224. The lowest BCUT2D eigenvalue weighted by molar-refractivity contribution is -0.137. The van der Waals surface area contributed by atoms with Crippen molar-refractivity contribution in [3.8, 4) is 0 Å². The molecule has 0 saturated carbocycles. The number of rotatable bonds is 4. The van der Waals surface area contributed by atoms with E-state index in [0.29, 0.717) is 0 Å². The summed E-state index contributed by atoms with van der Waals surface area (Å²) in [5, 5.41) is 2.53. The van der Waals surface area contributed by atoms with Gasteiger partial charge in [-0.25, -0.2) is 0 Å². The van der Waals surface area contributed by atoms with Gasteiger partial charge in [-0.05, 0) is 24.1 Å². The minimum atomic E-state index is -4.45. The number of amides is 1. The highest BCUT2D eigenvalue weighted by atomic mass is 19.4. The van der Waals surface area contributed by atoms with Crippen LogP contribution in [0.3, 0.4) is 0 Å². The van der Waals surface area contributed by atoms with E-state index in [1.165, 1.54) is 12.1 Å². The van der Waals surface area contributed by atoms with Crippen LogP contribution in [0.5, 0.6) is 0 Å². The van der Waals surface area contributed by atoms with E-state index in [0.717, 1.165) is 12.1 Å². The summed E-state index contributed by atoms with van der Waals surface area (Å²) < 4.78 is 37.5. The van der Waals surface area contributed by atoms with Crippen molar-refractivity contribution in [1.82, 2.24) is 5.32 Å². The quantitative estimate of drug-likeness (QED) is 0.886. The number of benzene rings is 1. The largest absolute Gasteiger partial charge is 0.416 e. The molecule has 0 heterocycles. The van der Waals surface area contributed by atoms with Crippen LogP contribution in [0, 0.1) is 5.92 Å². The van der Waals surface area contributed by atoms with Crippen LogP contribution in [0.1, 0.15) is 29.8 Å². The molecule has 3 nitrogen and oxygen atoms in total. The van der Waals surface area contributed by atoms with Crippen molar-refractivity contribution < 1.29 is 18.0 Å². The predicted molar refractivity (Wildman–Crippen MR) is 66.6 cm³/mol. The lowest BCUT2D eigenvalue weighted by Crippen LogP contribution is -2.40. The third-order valence-electron chi connectivity index (χ3n) is 2.81. The summed E-state index contributed by atoms with van der Waals surface area (Å²) in [5.74, 6) is -0.371. The standard InChI is InChI=1S/C13H17F3N2O/c1-8(2)11(17)7-18-12(19)9-4-3-5-10(6-9)13(14,15)16/h3-6,8,11H,7,17H2,1-2H3,(H,18,19). The third kappa shape index (κ3) is 4.55. The van der Waals surface area contributed by atoms with Gasteiger partial charge in [0.25, 0.3) is 5.91 Å². The van der Waals surface area contributed by atoms with Gasteiger partial charge in [-0.2, -0.15) is 13.2 Å². The van der Waals surface area contributed by atoms with Gasteiger partial charge in [0.2, 0.25) is 0 Å². The molecule has 0 saturated heterocycles. The average molecular weight is 274 g/mol. The molecule has 19 heavy (non-hydrogen) atoms. The van der Waals surface area contributed by atoms with Gasteiger partial charge in [0.15, 0.2) is 0 Å². The Balaban J connectivity index is 2.73. The SMILES string of the molecule is CC(C)C(N)CNC(=O)c1cccc(C(F)(F)F)c1. The van der Waals surface area contributed by atoms with E-state index in [1.54, 1.807) is 0 Å². The van der Waals surface area contributed by atoms with Gasteiger partial charge >= 0.3 is 6.18 Å². The Hall–Kier alpha value is -1.56. The first-order valence-electron chi connectivity index (χ1n) is 5.93. The molecule has 0 aliphatic heterocycles. The molecule has 1 amide bonds. The summed E-state index contributed by atoms with van der Waals surface area (Å²) in [7, 11) is 0. The Morgan fingerprint density at radius 2 is 2.00 bits per heavy atom. The minimum Gasteiger partial charge on any atom is -0.350 e. The molecule has 106 valence electrons. The Bertz CT molecular complexity index is 444. The molecule has 6 heteroatoms. The molecule has 3 N–H and O–H groups in total. The molecule has 0 aliphatic rings. The molecule has 1 aromatic carbocycles. The summed E-state index contributed by atoms with van der Waals surface area (Å²) in [6.45, 7) is 4.04. The van der Waals surface area contributed by atoms with Crippen LogP contribution in [0.15, 0.2) is 24.3 Å². The first-order valence-corrected chi connectivity index (χ1v) is 5.93. The van der Waals surface area contributed by atoms with Gasteiger partial charge in [-0.3, -0.25) is 4.79 Å². The van der Waals surface area contributed by atoms with E-state index in [4.69, 9.17) is 5.73 Å². The maximum absolute atomic E-state index is 12.5. The molecule has 0 bridgehead atoms. The number of alkyl halides is 3. The Kier molecular flexibility index (Phi) is 4.94. The van der Waals surface area contributed by atoms with E-state index in [-0.39, 0.29) is 24.1 Å². The van der Waals surface area contributed by atoms with Crippen LogP contribution in [-0.4, -0.2) is 18.5 Å². The molecular formula is C13H17F3N2O. The average Bonchev–Trinajstić information content (AvgIpc) is 2.34. The second-order valence-electron chi connectivity index (χ2n) is 4.70. The topological polar surface area (TPSA) is 55.1 Å². The Labute approximate surface area is 110 Å². The number of nitrogens with two attached hydrogens (primary N) is 1. The highest BCUT2D eigenvalue weighted by molar-refractivity contribution is 5.94. The second-order valence-corrected chi connectivity index (χ2v) is 4.70. The number of halogens is 3. The van der Waals surface area contributed by atoms with Crippen LogP contribution >= 0.6 is 0 Å². The number of nitrogens with one attached hydrogen (secondary N) is 1. The zero-order valence-corrected chi connectivity index (χ0v) is 10.8. The molecule has 1 atom stereocenters. The van der Waals surface area contributed by atoms with Crippen molar-refractivity contribution >= 4 is 5.91 Å². The normalized spacial score (nSPS) is 13.4. The van der Waals surface area contributed by atoms with Crippen LogP contribution in [0.25, 0.3) is 0 Å². The molecule has 0 fully saturated rings. The summed E-state index contributed by atoms with van der Waals surface area (Å²) in [5.41, 5.74) is 4.89.